The molecule has 0 atom stereocenters. The van der Waals surface area contributed by atoms with Gasteiger partial charge in [0, 0.05) is 6.04 Å². The molecule has 0 aromatic carbocycles. The number of hydrogen-bond acceptors (Lipinski definition) is 5. The van der Waals surface area contributed by atoms with Gasteiger partial charge in [0.25, 0.3) is 0 Å². The molecule has 1 aliphatic carbocycles. The van der Waals surface area contributed by atoms with Crippen LogP contribution in [0.5, 0.6) is 0 Å². The molecule has 7 heteroatoms. The predicted octanol–water partition coefficient (Wildman–Crippen LogP) is 1.06. The molecule has 0 bridgehead atoms. The lowest BCUT2D eigenvalue weighted by Crippen LogP contribution is -2.11. The second kappa shape index (κ2) is 5.50. The minimum absolute atomic E-state index is 0.0315. The Morgan fingerprint density at radius 1 is 1.41 bits per heavy atom. The molecule has 1 aliphatic rings. The fourth-order valence-corrected chi connectivity index (χ4v) is 2.91. The van der Waals surface area contributed by atoms with Crippen LogP contribution < -0.4 is 0 Å². The summed E-state index contributed by atoms with van der Waals surface area (Å²) in [5.74, 6) is -0.373. The van der Waals surface area contributed by atoms with Crippen LogP contribution in [-0.2, 0) is 11.4 Å². The molecule has 1 heterocycles. The van der Waals surface area contributed by atoms with Gasteiger partial charge in [-0.25, -0.2) is 0 Å². The van der Waals surface area contributed by atoms with E-state index in [-0.39, 0.29) is 12.4 Å². The first kappa shape index (κ1) is 12.4. The largest absolute Gasteiger partial charge is 0.481 e. The van der Waals surface area contributed by atoms with Gasteiger partial charge in [-0.15, -0.1) is 10.2 Å². The van der Waals surface area contributed by atoms with E-state index in [0.717, 1.165) is 37.4 Å². The van der Waals surface area contributed by atoms with Crippen LogP contribution in [0.15, 0.2) is 5.16 Å². The molecule has 2 N–H and O–H groups in total. The van der Waals surface area contributed by atoms with Crippen LogP contribution in [0.4, 0.5) is 0 Å². The van der Waals surface area contributed by atoms with Crippen molar-refractivity contribution >= 4 is 17.7 Å². The molecule has 17 heavy (non-hydrogen) atoms. The Hall–Kier alpha value is -1.08. The van der Waals surface area contributed by atoms with E-state index >= 15 is 0 Å². The number of hydrogen-bond donors (Lipinski definition) is 2. The van der Waals surface area contributed by atoms with E-state index in [1.807, 2.05) is 4.57 Å². The molecular formula is C10H15N3O3S. The van der Waals surface area contributed by atoms with E-state index in [0.29, 0.717) is 17.0 Å². The molecule has 2 rings (SSSR count). The zero-order valence-electron chi connectivity index (χ0n) is 9.37. The van der Waals surface area contributed by atoms with Crippen molar-refractivity contribution in [1.29, 1.82) is 0 Å². The van der Waals surface area contributed by atoms with Gasteiger partial charge in [-0.05, 0) is 12.8 Å². The van der Waals surface area contributed by atoms with E-state index in [1.165, 1.54) is 0 Å². The fourth-order valence-electron chi connectivity index (χ4n) is 2.17. The second-order valence-corrected chi connectivity index (χ2v) is 4.99. The van der Waals surface area contributed by atoms with Gasteiger partial charge in [0.1, 0.15) is 6.61 Å². The highest BCUT2D eigenvalue weighted by Crippen LogP contribution is 2.33. The molecule has 1 aromatic heterocycles. The second-order valence-electron chi connectivity index (χ2n) is 4.05. The standard InChI is InChI=1S/C10H15N3O3S/c14-5-8-11-12-10(17-6-9(15)16)13(8)7-3-1-2-4-7/h7,14H,1-6H2,(H,15,16). The van der Waals surface area contributed by atoms with Crippen molar-refractivity contribution < 1.29 is 15.0 Å². The highest BCUT2D eigenvalue weighted by atomic mass is 32.2. The number of carbonyl (C=O) groups is 1. The zero-order chi connectivity index (χ0) is 12.3. The summed E-state index contributed by atoms with van der Waals surface area (Å²) in [7, 11) is 0. The van der Waals surface area contributed by atoms with Crippen LogP contribution in [-0.4, -0.2) is 36.7 Å². The maximum absolute atomic E-state index is 10.6. The van der Waals surface area contributed by atoms with Crippen LogP contribution in [0.25, 0.3) is 0 Å². The van der Waals surface area contributed by atoms with Gasteiger partial charge in [0.15, 0.2) is 11.0 Å². The number of carboxylic acids is 1. The number of aliphatic hydroxyl groups is 1. The quantitative estimate of drug-likeness (QED) is 0.767. The average Bonchev–Trinajstić information content (AvgIpc) is 2.94. The normalized spacial score (nSPS) is 16.5. The van der Waals surface area contributed by atoms with E-state index in [9.17, 15) is 9.90 Å². The van der Waals surface area contributed by atoms with Crippen molar-refractivity contribution in [3.8, 4) is 0 Å². The van der Waals surface area contributed by atoms with Crippen LogP contribution in [0.1, 0.15) is 37.5 Å². The first-order chi connectivity index (χ1) is 8.22. The van der Waals surface area contributed by atoms with Gasteiger partial charge < -0.3 is 14.8 Å². The monoisotopic (exact) mass is 257 g/mol. The molecule has 0 spiro atoms. The Labute approximate surface area is 103 Å². The molecule has 0 amide bonds. The van der Waals surface area contributed by atoms with Gasteiger partial charge in [-0.3, -0.25) is 4.79 Å². The highest BCUT2D eigenvalue weighted by molar-refractivity contribution is 7.99. The van der Waals surface area contributed by atoms with Crippen molar-refractivity contribution in [2.24, 2.45) is 0 Å². The summed E-state index contributed by atoms with van der Waals surface area (Å²) in [5, 5.41) is 26.4. The first-order valence-corrected chi connectivity index (χ1v) is 6.60. The topological polar surface area (TPSA) is 88.2 Å². The van der Waals surface area contributed by atoms with Gasteiger partial charge in [-0.1, -0.05) is 24.6 Å². The highest BCUT2D eigenvalue weighted by Gasteiger charge is 2.23. The number of rotatable bonds is 5. The van der Waals surface area contributed by atoms with Crippen LogP contribution in [0.2, 0.25) is 0 Å². The van der Waals surface area contributed by atoms with Gasteiger partial charge >= 0.3 is 5.97 Å². The smallest absolute Gasteiger partial charge is 0.313 e. The maximum Gasteiger partial charge on any atom is 0.313 e. The third-order valence-electron chi connectivity index (χ3n) is 2.89. The Balaban J connectivity index is 2.19. The lowest BCUT2D eigenvalue weighted by atomic mass is 10.2. The van der Waals surface area contributed by atoms with E-state index < -0.39 is 5.97 Å². The average molecular weight is 257 g/mol. The third-order valence-corrected chi connectivity index (χ3v) is 3.82. The van der Waals surface area contributed by atoms with Crippen LogP contribution in [0.3, 0.4) is 0 Å². The molecule has 1 saturated carbocycles. The summed E-state index contributed by atoms with van der Waals surface area (Å²) in [6.45, 7) is -0.156. The molecule has 0 saturated heterocycles. The summed E-state index contributed by atoms with van der Waals surface area (Å²) in [6.07, 6.45) is 4.42. The van der Waals surface area contributed by atoms with Gasteiger partial charge in [0.2, 0.25) is 0 Å². The molecule has 6 nitrogen and oxygen atoms in total. The van der Waals surface area contributed by atoms with Gasteiger partial charge in [0.05, 0.1) is 5.75 Å². The Morgan fingerprint density at radius 2 is 2.12 bits per heavy atom. The first-order valence-electron chi connectivity index (χ1n) is 5.61. The predicted molar refractivity (Wildman–Crippen MR) is 61.8 cm³/mol. The van der Waals surface area contributed by atoms with Crippen molar-refractivity contribution in [3.63, 3.8) is 0 Å². The molecule has 1 aromatic rings. The lowest BCUT2D eigenvalue weighted by Gasteiger charge is -2.15. The number of aliphatic hydroxyl groups excluding tert-OH is 1. The summed E-state index contributed by atoms with van der Waals surface area (Å²) < 4.78 is 1.90. The van der Waals surface area contributed by atoms with Gasteiger partial charge in [-0.2, -0.15) is 0 Å². The molecule has 1 fully saturated rings. The fraction of sp³-hybridized carbons (Fsp3) is 0.700. The SMILES string of the molecule is O=C(O)CSc1nnc(CO)n1C1CCCC1. The third kappa shape index (κ3) is 2.78. The summed E-state index contributed by atoms with van der Waals surface area (Å²) in [6, 6.07) is 0.309. The number of carboxylic acid groups (broad SMARTS) is 1. The minimum Gasteiger partial charge on any atom is -0.481 e. The Kier molecular flexibility index (Phi) is 4.01. The van der Waals surface area contributed by atoms with Crippen molar-refractivity contribution in [2.75, 3.05) is 5.75 Å². The number of nitrogens with zero attached hydrogens (tertiary/aromatic N) is 3. The summed E-state index contributed by atoms with van der Waals surface area (Å²) in [5.41, 5.74) is 0. The molecule has 0 radical (unpaired) electrons. The number of aromatic nitrogens is 3. The lowest BCUT2D eigenvalue weighted by molar-refractivity contribution is -0.133. The minimum atomic E-state index is -0.874. The van der Waals surface area contributed by atoms with Crippen molar-refractivity contribution in [1.82, 2.24) is 14.8 Å². The van der Waals surface area contributed by atoms with Crippen LogP contribution in [0, 0.1) is 0 Å². The maximum atomic E-state index is 10.6. The Bertz CT molecular complexity index is 402. The Morgan fingerprint density at radius 3 is 2.71 bits per heavy atom. The number of aliphatic carboxylic acids is 1. The van der Waals surface area contributed by atoms with E-state index in [2.05, 4.69) is 10.2 Å². The molecule has 0 aliphatic heterocycles. The number of thioether (sulfide) groups is 1. The zero-order valence-corrected chi connectivity index (χ0v) is 10.2. The molecular weight excluding hydrogens is 242 g/mol. The van der Waals surface area contributed by atoms with Crippen molar-refractivity contribution in [2.45, 2.75) is 43.5 Å². The summed E-state index contributed by atoms with van der Waals surface area (Å²) >= 11 is 1.16. The summed E-state index contributed by atoms with van der Waals surface area (Å²) in [4.78, 5) is 10.6. The van der Waals surface area contributed by atoms with E-state index in [4.69, 9.17) is 5.11 Å². The molecule has 94 valence electrons. The molecule has 0 unspecified atom stereocenters. The van der Waals surface area contributed by atoms with Crippen LogP contribution >= 0.6 is 11.8 Å². The van der Waals surface area contributed by atoms with E-state index in [1.54, 1.807) is 0 Å². The van der Waals surface area contributed by atoms with Crippen molar-refractivity contribution in [3.05, 3.63) is 5.82 Å².